The van der Waals surface area contributed by atoms with Crippen molar-refractivity contribution in [1.29, 1.82) is 0 Å². The molecule has 6 nitrogen and oxygen atoms in total. The first-order chi connectivity index (χ1) is 9.75. The van der Waals surface area contributed by atoms with Gasteiger partial charge in [0.1, 0.15) is 17.3 Å². The van der Waals surface area contributed by atoms with Gasteiger partial charge in [0.05, 0.1) is 0 Å². The van der Waals surface area contributed by atoms with Gasteiger partial charge in [-0.3, -0.25) is 0 Å². The van der Waals surface area contributed by atoms with Crippen molar-refractivity contribution in [3.63, 3.8) is 0 Å². The van der Waals surface area contributed by atoms with E-state index in [1.54, 1.807) is 4.52 Å². The Hall–Kier alpha value is -1.40. The van der Waals surface area contributed by atoms with Gasteiger partial charge in [0, 0.05) is 18.7 Å². The molecule has 3 rings (SSSR count). The molecule has 108 valence electrons. The second-order valence-electron chi connectivity index (χ2n) is 5.18. The van der Waals surface area contributed by atoms with Crippen molar-refractivity contribution in [3.05, 3.63) is 17.0 Å². The highest BCUT2D eigenvalue weighted by Crippen LogP contribution is 2.21. The van der Waals surface area contributed by atoms with Crippen LogP contribution in [0.25, 0.3) is 5.78 Å². The first-order valence-electron chi connectivity index (χ1n) is 7.08. The van der Waals surface area contributed by atoms with E-state index in [2.05, 4.69) is 25.3 Å². The van der Waals surface area contributed by atoms with E-state index in [-0.39, 0.29) is 0 Å². The Morgan fingerprint density at radius 3 is 2.90 bits per heavy atom. The second-order valence-corrected chi connectivity index (χ2v) is 5.54. The van der Waals surface area contributed by atoms with E-state index in [0.29, 0.717) is 10.9 Å². The molecule has 7 heteroatoms. The fraction of sp³-hybridized carbons (Fsp3) is 0.615. The number of hydrogen-bond donors (Lipinski definition) is 1. The van der Waals surface area contributed by atoms with Gasteiger partial charge in [-0.15, -0.1) is 0 Å². The Morgan fingerprint density at radius 2 is 2.10 bits per heavy atom. The van der Waals surface area contributed by atoms with Crippen molar-refractivity contribution in [2.75, 3.05) is 31.5 Å². The quantitative estimate of drug-likeness (QED) is 0.874. The molecule has 0 bridgehead atoms. The number of anilines is 1. The molecular weight excluding hydrogens is 276 g/mol. The molecule has 2 aromatic rings. The highest BCUT2D eigenvalue weighted by Gasteiger charge is 2.13. The largest absolute Gasteiger partial charge is 0.368 e. The number of likely N-dealkylation sites (tertiary alicyclic amines) is 1. The summed E-state index contributed by atoms with van der Waals surface area (Å²) in [7, 11) is 0. The van der Waals surface area contributed by atoms with Crippen molar-refractivity contribution < 1.29 is 0 Å². The molecule has 0 spiro atoms. The molecular formula is C13H19ClN6. The summed E-state index contributed by atoms with van der Waals surface area (Å²) in [5.74, 6) is 1.41. The van der Waals surface area contributed by atoms with Crippen LogP contribution in [0.3, 0.4) is 0 Å². The summed E-state index contributed by atoms with van der Waals surface area (Å²) in [5.41, 5.74) is 0.906. The molecule has 0 atom stereocenters. The van der Waals surface area contributed by atoms with Crippen LogP contribution in [0.1, 0.15) is 24.8 Å². The van der Waals surface area contributed by atoms with Crippen molar-refractivity contribution in [2.24, 2.45) is 0 Å². The lowest BCUT2D eigenvalue weighted by Gasteiger charge is -2.26. The van der Waals surface area contributed by atoms with Crippen LogP contribution in [0.5, 0.6) is 0 Å². The van der Waals surface area contributed by atoms with E-state index in [0.717, 1.165) is 24.5 Å². The predicted octanol–water partition coefficient (Wildman–Crippen LogP) is 1.98. The topological polar surface area (TPSA) is 58.4 Å². The second kappa shape index (κ2) is 5.93. The van der Waals surface area contributed by atoms with E-state index in [1.165, 1.54) is 38.7 Å². The third kappa shape index (κ3) is 2.71. The van der Waals surface area contributed by atoms with Gasteiger partial charge in [0.25, 0.3) is 5.78 Å². The molecule has 0 aromatic carbocycles. The summed E-state index contributed by atoms with van der Waals surface area (Å²) in [6, 6.07) is 0. The summed E-state index contributed by atoms with van der Waals surface area (Å²) in [4.78, 5) is 10.8. The molecule has 3 heterocycles. The molecule has 0 radical (unpaired) electrons. The van der Waals surface area contributed by atoms with E-state index in [4.69, 9.17) is 11.6 Å². The Labute approximate surface area is 123 Å². The summed E-state index contributed by atoms with van der Waals surface area (Å²) in [5, 5.41) is 8.10. The summed E-state index contributed by atoms with van der Waals surface area (Å²) >= 11 is 6.13. The Bertz CT molecular complexity index is 590. The predicted molar refractivity (Wildman–Crippen MR) is 79.3 cm³/mol. The van der Waals surface area contributed by atoms with Crippen LogP contribution < -0.4 is 5.32 Å². The Kier molecular flexibility index (Phi) is 4.03. The maximum atomic E-state index is 6.13. The molecule has 1 N–H and O–H groups in total. The van der Waals surface area contributed by atoms with Crippen LogP contribution in [0.2, 0.25) is 5.15 Å². The van der Waals surface area contributed by atoms with Crippen LogP contribution in [-0.2, 0) is 0 Å². The zero-order valence-electron chi connectivity index (χ0n) is 11.6. The zero-order valence-corrected chi connectivity index (χ0v) is 12.4. The molecule has 20 heavy (non-hydrogen) atoms. The van der Waals surface area contributed by atoms with Crippen LogP contribution in [0.15, 0.2) is 6.33 Å². The van der Waals surface area contributed by atoms with Gasteiger partial charge in [-0.1, -0.05) is 18.0 Å². The first-order valence-corrected chi connectivity index (χ1v) is 7.45. The number of piperidine rings is 1. The van der Waals surface area contributed by atoms with Crippen LogP contribution >= 0.6 is 11.6 Å². The van der Waals surface area contributed by atoms with Gasteiger partial charge < -0.3 is 10.2 Å². The SMILES string of the molecule is Cc1c(Cl)nc2ncnn2c1NCCN1CCCCC1. The normalized spacial score (nSPS) is 16.7. The summed E-state index contributed by atoms with van der Waals surface area (Å²) in [6.07, 6.45) is 5.48. The van der Waals surface area contributed by atoms with Crippen molar-refractivity contribution in [2.45, 2.75) is 26.2 Å². The van der Waals surface area contributed by atoms with Crippen molar-refractivity contribution in [3.8, 4) is 0 Å². The lowest BCUT2D eigenvalue weighted by Crippen LogP contribution is -2.34. The van der Waals surface area contributed by atoms with Crippen molar-refractivity contribution in [1.82, 2.24) is 24.5 Å². The average Bonchev–Trinajstić information content (AvgIpc) is 2.92. The molecule has 1 fully saturated rings. The minimum atomic E-state index is 0.478. The molecule has 0 amide bonds. The van der Waals surface area contributed by atoms with Gasteiger partial charge in [0.15, 0.2) is 0 Å². The highest BCUT2D eigenvalue weighted by molar-refractivity contribution is 6.30. The molecule has 0 unspecified atom stereocenters. The number of nitrogens with zero attached hydrogens (tertiary/aromatic N) is 5. The highest BCUT2D eigenvalue weighted by atomic mass is 35.5. The van der Waals surface area contributed by atoms with Crippen molar-refractivity contribution >= 4 is 23.2 Å². The molecule has 2 aromatic heterocycles. The lowest BCUT2D eigenvalue weighted by molar-refractivity contribution is 0.237. The smallest absolute Gasteiger partial charge is 0.255 e. The third-order valence-corrected chi connectivity index (χ3v) is 4.14. The minimum absolute atomic E-state index is 0.478. The summed E-state index contributed by atoms with van der Waals surface area (Å²) in [6.45, 7) is 6.26. The van der Waals surface area contributed by atoms with Crippen LogP contribution in [0.4, 0.5) is 5.82 Å². The monoisotopic (exact) mass is 294 g/mol. The maximum absolute atomic E-state index is 6.13. The molecule has 0 aliphatic carbocycles. The standard InChI is InChI=1S/C13H19ClN6/c1-10-11(14)18-13-16-9-17-20(13)12(10)15-5-8-19-6-3-2-4-7-19/h9,15H,2-8H2,1H3. The van der Waals surface area contributed by atoms with Gasteiger partial charge in [-0.2, -0.15) is 19.6 Å². The Balaban J connectivity index is 1.70. The summed E-state index contributed by atoms with van der Waals surface area (Å²) < 4.78 is 1.71. The number of rotatable bonds is 4. The van der Waals surface area contributed by atoms with E-state index in [1.807, 2.05) is 6.92 Å². The maximum Gasteiger partial charge on any atom is 0.255 e. The molecule has 1 aliphatic heterocycles. The Morgan fingerprint density at radius 1 is 1.30 bits per heavy atom. The zero-order chi connectivity index (χ0) is 13.9. The van der Waals surface area contributed by atoms with Crippen LogP contribution in [-0.4, -0.2) is 50.7 Å². The molecule has 1 saturated heterocycles. The molecule has 0 saturated carbocycles. The van der Waals surface area contributed by atoms with Gasteiger partial charge in [-0.25, -0.2) is 0 Å². The third-order valence-electron chi connectivity index (χ3n) is 3.77. The van der Waals surface area contributed by atoms with E-state index < -0.39 is 0 Å². The van der Waals surface area contributed by atoms with Crippen LogP contribution in [0, 0.1) is 6.92 Å². The number of hydrogen-bond acceptors (Lipinski definition) is 5. The van der Waals surface area contributed by atoms with E-state index >= 15 is 0 Å². The fourth-order valence-electron chi connectivity index (χ4n) is 2.62. The number of halogens is 1. The number of fused-ring (bicyclic) bond motifs is 1. The first kappa shape index (κ1) is 13.6. The van der Waals surface area contributed by atoms with Gasteiger partial charge >= 0.3 is 0 Å². The fourth-order valence-corrected chi connectivity index (χ4v) is 2.79. The number of nitrogens with one attached hydrogen (secondary N) is 1. The lowest BCUT2D eigenvalue weighted by atomic mass is 10.1. The average molecular weight is 295 g/mol. The molecule has 1 aliphatic rings. The number of aromatic nitrogens is 4. The minimum Gasteiger partial charge on any atom is -0.368 e. The van der Waals surface area contributed by atoms with Gasteiger partial charge in [-0.05, 0) is 32.9 Å². The van der Waals surface area contributed by atoms with E-state index in [9.17, 15) is 0 Å². The van der Waals surface area contributed by atoms with Gasteiger partial charge in [0.2, 0.25) is 0 Å².